The summed E-state index contributed by atoms with van der Waals surface area (Å²) in [7, 11) is 3.67. The molecule has 158 valence electrons. The molecule has 1 N–H and O–H groups in total. The number of anilines is 1. The first-order chi connectivity index (χ1) is 15.1. The normalized spacial score (nSPS) is 10.7. The van der Waals surface area contributed by atoms with Crippen LogP contribution in [0.5, 0.6) is 11.5 Å². The van der Waals surface area contributed by atoms with Crippen molar-refractivity contribution in [1.29, 1.82) is 0 Å². The first-order valence-corrected chi connectivity index (χ1v) is 10.8. The van der Waals surface area contributed by atoms with Gasteiger partial charge in [-0.2, -0.15) is 0 Å². The van der Waals surface area contributed by atoms with E-state index >= 15 is 0 Å². The molecule has 3 aromatic carbocycles. The predicted molar refractivity (Wildman–Crippen MR) is 127 cm³/mol. The van der Waals surface area contributed by atoms with Crippen LogP contribution < -0.4 is 14.8 Å². The number of aromatic nitrogens is 2. The molecule has 0 unspecified atom stereocenters. The Balaban J connectivity index is 1.42. The third-order valence-electron chi connectivity index (χ3n) is 5.04. The van der Waals surface area contributed by atoms with Crippen LogP contribution in [-0.4, -0.2) is 16.7 Å². The minimum atomic E-state index is 0.501. The van der Waals surface area contributed by atoms with Gasteiger partial charge in [-0.1, -0.05) is 64.5 Å². The second-order valence-corrected chi connectivity index (χ2v) is 8.06. The highest BCUT2D eigenvalue weighted by molar-refractivity contribution is 9.10. The van der Waals surface area contributed by atoms with E-state index in [0.717, 1.165) is 38.6 Å². The average molecular weight is 478 g/mol. The summed E-state index contributed by atoms with van der Waals surface area (Å²) in [5.74, 6) is 2.25. The Labute approximate surface area is 190 Å². The summed E-state index contributed by atoms with van der Waals surface area (Å²) in [5.41, 5.74) is 4.37. The zero-order chi connectivity index (χ0) is 21.6. The highest BCUT2D eigenvalue weighted by atomic mass is 79.9. The second-order valence-electron chi connectivity index (χ2n) is 7.15. The Morgan fingerprint density at radius 1 is 0.935 bits per heavy atom. The van der Waals surface area contributed by atoms with E-state index in [2.05, 4.69) is 42.9 Å². The predicted octanol–water partition coefficient (Wildman–Crippen LogP) is 6.05. The fourth-order valence-electron chi connectivity index (χ4n) is 3.32. The molecule has 4 aromatic rings. The number of hydrogen-bond acceptors (Lipinski definition) is 4. The van der Waals surface area contributed by atoms with E-state index in [1.165, 1.54) is 0 Å². The molecule has 1 aromatic heterocycles. The Bertz CT molecular complexity index is 1140. The lowest BCUT2D eigenvalue weighted by atomic mass is 10.2. The van der Waals surface area contributed by atoms with E-state index in [-0.39, 0.29) is 0 Å². The van der Waals surface area contributed by atoms with E-state index < -0.39 is 0 Å². The van der Waals surface area contributed by atoms with Gasteiger partial charge in [0, 0.05) is 18.1 Å². The molecule has 0 bridgehead atoms. The van der Waals surface area contributed by atoms with E-state index in [1.807, 2.05) is 73.9 Å². The van der Waals surface area contributed by atoms with Gasteiger partial charge in [0.25, 0.3) is 0 Å². The number of benzene rings is 3. The third-order valence-corrected chi connectivity index (χ3v) is 5.57. The van der Waals surface area contributed by atoms with Gasteiger partial charge in [-0.05, 0) is 41.0 Å². The zero-order valence-corrected chi connectivity index (χ0v) is 19.1. The third kappa shape index (κ3) is 5.09. The number of hydrogen-bond donors (Lipinski definition) is 1. The lowest BCUT2D eigenvalue weighted by molar-refractivity contribution is 0.284. The van der Waals surface area contributed by atoms with Gasteiger partial charge in [-0.15, -0.1) is 0 Å². The molecule has 1 heterocycles. The van der Waals surface area contributed by atoms with Gasteiger partial charge >= 0.3 is 0 Å². The molecule has 0 spiro atoms. The Kier molecular flexibility index (Phi) is 6.57. The van der Waals surface area contributed by atoms with Gasteiger partial charge in [0.05, 0.1) is 19.0 Å². The average Bonchev–Trinajstić information content (AvgIpc) is 3.18. The summed E-state index contributed by atoms with van der Waals surface area (Å²) in [5, 5.41) is 3.41. The number of rotatable bonds is 8. The van der Waals surface area contributed by atoms with Gasteiger partial charge in [-0.25, -0.2) is 4.98 Å². The molecular weight excluding hydrogens is 454 g/mol. The molecule has 0 fully saturated rings. The van der Waals surface area contributed by atoms with Crippen molar-refractivity contribution in [2.24, 2.45) is 7.05 Å². The molecular formula is C25H24BrN3O2. The molecule has 31 heavy (non-hydrogen) atoms. The SMILES string of the molecule is COc1cc(CNc2ncc(-c3ccc(Br)cc3)n2C)ccc1OCc1ccccc1. The highest BCUT2D eigenvalue weighted by Crippen LogP contribution is 2.29. The fraction of sp³-hybridized carbons (Fsp3) is 0.160. The molecule has 6 heteroatoms. The summed E-state index contributed by atoms with van der Waals surface area (Å²) in [6, 6.07) is 24.3. The summed E-state index contributed by atoms with van der Waals surface area (Å²) >= 11 is 3.48. The van der Waals surface area contributed by atoms with E-state index in [9.17, 15) is 0 Å². The first kappa shape index (κ1) is 21.0. The van der Waals surface area contributed by atoms with Crippen molar-refractivity contribution in [3.8, 4) is 22.8 Å². The van der Waals surface area contributed by atoms with E-state index in [0.29, 0.717) is 18.9 Å². The van der Waals surface area contributed by atoms with Crippen molar-refractivity contribution in [2.75, 3.05) is 12.4 Å². The van der Waals surface area contributed by atoms with Crippen LogP contribution in [0.25, 0.3) is 11.3 Å². The lowest BCUT2D eigenvalue weighted by Gasteiger charge is -2.13. The quantitative estimate of drug-likeness (QED) is 0.335. The molecule has 0 saturated heterocycles. The molecule has 0 saturated carbocycles. The van der Waals surface area contributed by atoms with Crippen molar-refractivity contribution in [3.63, 3.8) is 0 Å². The number of nitrogens with one attached hydrogen (secondary N) is 1. The van der Waals surface area contributed by atoms with Crippen LogP contribution in [0, 0.1) is 0 Å². The Morgan fingerprint density at radius 2 is 1.71 bits per heavy atom. The van der Waals surface area contributed by atoms with E-state index in [1.54, 1.807) is 7.11 Å². The molecule has 5 nitrogen and oxygen atoms in total. The van der Waals surface area contributed by atoms with Crippen LogP contribution in [0.2, 0.25) is 0 Å². The standard InChI is InChI=1S/C25H24BrN3O2/c1-29-22(20-9-11-21(26)12-10-20)16-28-25(29)27-15-19-8-13-23(24(14-19)30-2)31-17-18-6-4-3-5-7-18/h3-14,16H,15,17H2,1-2H3,(H,27,28). The van der Waals surface area contributed by atoms with Gasteiger partial charge in [0.1, 0.15) is 6.61 Å². The maximum absolute atomic E-state index is 5.95. The Morgan fingerprint density at radius 3 is 2.45 bits per heavy atom. The summed E-state index contributed by atoms with van der Waals surface area (Å²) < 4.78 is 14.6. The van der Waals surface area contributed by atoms with Gasteiger partial charge in [0.2, 0.25) is 5.95 Å². The van der Waals surface area contributed by atoms with E-state index in [4.69, 9.17) is 9.47 Å². The number of halogens is 1. The van der Waals surface area contributed by atoms with Crippen molar-refractivity contribution < 1.29 is 9.47 Å². The number of nitrogens with zero attached hydrogens (tertiary/aromatic N) is 2. The number of ether oxygens (including phenoxy) is 2. The van der Waals surface area contributed by atoms with Crippen LogP contribution in [0.3, 0.4) is 0 Å². The van der Waals surface area contributed by atoms with Crippen LogP contribution >= 0.6 is 15.9 Å². The molecule has 0 amide bonds. The topological polar surface area (TPSA) is 48.3 Å². The van der Waals surface area contributed by atoms with Crippen molar-refractivity contribution in [3.05, 3.63) is 94.6 Å². The zero-order valence-electron chi connectivity index (χ0n) is 17.5. The highest BCUT2D eigenvalue weighted by Gasteiger charge is 2.10. The number of imidazole rings is 1. The molecule has 0 aliphatic heterocycles. The molecule has 0 aliphatic rings. The first-order valence-electron chi connectivity index (χ1n) is 9.99. The summed E-state index contributed by atoms with van der Waals surface area (Å²) in [6.45, 7) is 1.13. The van der Waals surface area contributed by atoms with Crippen molar-refractivity contribution in [1.82, 2.24) is 9.55 Å². The maximum atomic E-state index is 5.95. The van der Waals surface area contributed by atoms with Gasteiger partial charge in [-0.3, -0.25) is 0 Å². The van der Waals surface area contributed by atoms with Crippen molar-refractivity contribution in [2.45, 2.75) is 13.2 Å². The second kappa shape index (κ2) is 9.71. The minimum absolute atomic E-state index is 0.501. The molecule has 0 atom stereocenters. The molecule has 4 rings (SSSR count). The van der Waals surface area contributed by atoms with Crippen LogP contribution in [0.15, 0.2) is 83.5 Å². The summed E-state index contributed by atoms with van der Waals surface area (Å²) in [6.07, 6.45) is 1.88. The lowest BCUT2D eigenvalue weighted by Crippen LogP contribution is -2.06. The van der Waals surface area contributed by atoms with Crippen molar-refractivity contribution >= 4 is 21.9 Å². The molecule has 0 aliphatic carbocycles. The van der Waals surface area contributed by atoms with Crippen LogP contribution in [0.4, 0.5) is 5.95 Å². The fourth-order valence-corrected chi connectivity index (χ4v) is 3.58. The van der Waals surface area contributed by atoms with Gasteiger partial charge < -0.3 is 19.4 Å². The molecule has 0 radical (unpaired) electrons. The minimum Gasteiger partial charge on any atom is -0.493 e. The number of methoxy groups -OCH3 is 1. The van der Waals surface area contributed by atoms with Crippen LogP contribution in [0.1, 0.15) is 11.1 Å². The van der Waals surface area contributed by atoms with Gasteiger partial charge in [0.15, 0.2) is 11.5 Å². The summed E-state index contributed by atoms with van der Waals surface area (Å²) in [4.78, 5) is 4.54. The van der Waals surface area contributed by atoms with Crippen LogP contribution in [-0.2, 0) is 20.2 Å². The largest absolute Gasteiger partial charge is 0.493 e. The smallest absolute Gasteiger partial charge is 0.203 e. The maximum Gasteiger partial charge on any atom is 0.203 e. The Hall–Kier alpha value is -3.25. The monoisotopic (exact) mass is 477 g/mol.